The molecule has 0 radical (unpaired) electrons. The van der Waals surface area contributed by atoms with Crippen molar-refractivity contribution >= 4 is 32.9 Å². The van der Waals surface area contributed by atoms with E-state index in [1.54, 1.807) is 12.3 Å². The number of nitriles is 1. The van der Waals surface area contributed by atoms with Crippen molar-refractivity contribution in [2.45, 2.75) is 25.7 Å². The number of aryl methyl sites for hydroxylation is 1. The van der Waals surface area contributed by atoms with E-state index in [4.69, 9.17) is 10.00 Å². The molecule has 0 amide bonds. The molecule has 1 aromatic rings. The number of sulfone groups is 1. The van der Waals surface area contributed by atoms with Crippen molar-refractivity contribution in [3.8, 4) is 6.07 Å². The molecule has 1 fully saturated rings. The first-order valence-electron chi connectivity index (χ1n) is 7.01. The van der Waals surface area contributed by atoms with Crippen LogP contribution in [0, 0.1) is 24.2 Å². The van der Waals surface area contributed by atoms with Crippen LogP contribution in [0.15, 0.2) is 5.38 Å². The monoisotopic (exact) mass is 356 g/mol. The number of rotatable bonds is 6. The van der Waals surface area contributed by atoms with E-state index in [1.165, 1.54) is 11.3 Å². The molecule has 0 unspecified atom stereocenters. The lowest BCUT2D eigenvalue weighted by atomic mass is 10.1. The number of Topliss-reactive ketones (excluding diaryl/α,β-unsaturated/α-hetero) is 1. The Labute approximate surface area is 138 Å². The van der Waals surface area contributed by atoms with Crippen LogP contribution < -0.4 is 0 Å². The highest BCUT2D eigenvalue weighted by molar-refractivity contribution is 7.91. The van der Waals surface area contributed by atoms with Gasteiger partial charge in [0.1, 0.15) is 5.01 Å². The van der Waals surface area contributed by atoms with E-state index in [-0.39, 0.29) is 23.8 Å². The second kappa shape index (κ2) is 7.19. The highest BCUT2D eigenvalue weighted by Crippen LogP contribution is 2.23. The molecule has 0 saturated carbocycles. The van der Waals surface area contributed by atoms with Crippen LogP contribution in [0.5, 0.6) is 0 Å². The number of ether oxygens (including phenoxy) is 1. The molecule has 0 aromatic carbocycles. The van der Waals surface area contributed by atoms with Gasteiger partial charge in [-0.2, -0.15) is 5.26 Å². The molecule has 9 heteroatoms. The number of hydrogen-bond donors (Lipinski definition) is 0. The summed E-state index contributed by atoms with van der Waals surface area (Å²) in [5, 5.41) is 11.2. The molecule has 0 spiro atoms. The van der Waals surface area contributed by atoms with Gasteiger partial charge in [-0.25, -0.2) is 13.4 Å². The maximum absolute atomic E-state index is 12.0. The summed E-state index contributed by atoms with van der Waals surface area (Å²) in [6.07, 6.45) is 0.407. The first-order valence-corrected chi connectivity index (χ1v) is 9.71. The molecule has 1 saturated heterocycles. The van der Waals surface area contributed by atoms with Crippen LogP contribution in [0.4, 0.5) is 0 Å². The Kier molecular flexibility index (Phi) is 5.49. The van der Waals surface area contributed by atoms with Gasteiger partial charge in [-0.3, -0.25) is 9.59 Å². The second-order valence-electron chi connectivity index (χ2n) is 5.49. The fourth-order valence-electron chi connectivity index (χ4n) is 2.33. The van der Waals surface area contributed by atoms with Gasteiger partial charge in [-0.05, 0) is 19.3 Å². The smallest absolute Gasteiger partial charge is 0.306 e. The van der Waals surface area contributed by atoms with E-state index < -0.39 is 34.1 Å². The van der Waals surface area contributed by atoms with Crippen molar-refractivity contribution in [3.05, 3.63) is 16.1 Å². The zero-order chi connectivity index (χ0) is 17.0. The van der Waals surface area contributed by atoms with Crippen LogP contribution in [0.3, 0.4) is 0 Å². The summed E-state index contributed by atoms with van der Waals surface area (Å²) in [4.78, 5) is 27.8. The van der Waals surface area contributed by atoms with E-state index in [0.29, 0.717) is 11.4 Å². The number of carbonyl (C=O) groups excluding carboxylic acids is 2. The highest BCUT2D eigenvalue weighted by Gasteiger charge is 2.30. The lowest BCUT2D eigenvalue weighted by Gasteiger charge is -2.09. The van der Waals surface area contributed by atoms with Crippen molar-refractivity contribution in [3.63, 3.8) is 0 Å². The minimum atomic E-state index is -3.05. The molecule has 2 atom stereocenters. The Morgan fingerprint density at radius 1 is 1.57 bits per heavy atom. The molecule has 23 heavy (non-hydrogen) atoms. The van der Waals surface area contributed by atoms with E-state index in [0.717, 1.165) is 5.69 Å². The summed E-state index contributed by atoms with van der Waals surface area (Å²) in [7, 11) is -3.05. The molecule has 0 bridgehead atoms. The minimum absolute atomic E-state index is 0.0186. The van der Waals surface area contributed by atoms with Crippen molar-refractivity contribution in [1.29, 1.82) is 5.26 Å². The predicted octanol–water partition coefficient (Wildman–Crippen LogP) is 0.996. The molecule has 1 aliphatic heterocycles. The standard InChI is InChI=1S/C14H16N2O5S2/c1-9-7-22-14(16-9)11(5-15)12(17)6-21-13(18)4-10-2-3-23(19,20)8-10/h7,10-11H,2-4,6,8H2,1H3/t10-,11+/m0/s1. The van der Waals surface area contributed by atoms with Crippen LogP contribution >= 0.6 is 11.3 Å². The summed E-state index contributed by atoms with van der Waals surface area (Å²) in [6, 6.07) is 1.87. The van der Waals surface area contributed by atoms with Gasteiger partial charge in [0.05, 0.1) is 17.6 Å². The number of aromatic nitrogens is 1. The number of ketones is 1. The van der Waals surface area contributed by atoms with Gasteiger partial charge in [0.2, 0.25) is 0 Å². The van der Waals surface area contributed by atoms with Gasteiger partial charge >= 0.3 is 5.97 Å². The van der Waals surface area contributed by atoms with E-state index >= 15 is 0 Å². The SMILES string of the molecule is Cc1csc([C@H](C#N)C(=O)COC(=O)C[C@@H]2CCS(=O)(=O)C2)n1. The molecule has 7 nitrogen and oxygen atoms in total. The highest BCUT2D eigenvalue weighted by atomic mass is 32.2. The molecule has 1 aliphatic rings. The summed E-state index contributed by atoms with van der Waals surface area (Å²) in [6.45, 7) is 1.25. The lowest BCUT2D eigenvalue weighted by Crippen LogP contribution is -2.21. The molecule has 1 aromatic heterocycles. The van der Waals surface area contributed by atoms with Crippen molar-refractivity contribution in [1.82, 2.24) is 4.98 Å². The fraction of sp³-hybridized carbons (Fsp3) is 0.571. The number of carbonyl (C=O) groups is 2. The summed E-state index contributed by atoms with van der Waals surface area (Å²) in [5.74, 6) is -2.38. The Bertz CT molecular complexity index is 747. The molecule has 2 rings (SSSR count). The van der Waals surface area contributed by atoms with E-state index in [2.05, 4.69) is 4.98 Å². The topological polar surface area (TPSA) is 114 Å². The van der Waals surface area contributed by atoms with E-state index in [1.807, 2.05) is 6.07 Å². The van der Waals surface area contributed by atoms with Crippen LogP contribution in [-0.2, 0) is 24.2 Å². The van der Waals surface area contributed by atoms with Crippen molar-refractivity contribution < 1.29 is 22.7 Å². The van der Waals surface area contributed by atoms with Gasteiger partial charge in [0.25, 0.3) is 0 Å². The van der Waals surface area contributed by atoms with Crippen molar-refractivity contribution in [2.24, 2.45) is 5.92 Å². The Balaban J connectivity index is 1.84. The molecule has 124 valence electrons. The normalized spacial score (nSPS) is 20.6. The first kappa shape index (κ1) is 17.6. The molecule has 0 aliphatic carbocycles. The third-order valence-electron chi connectivity index (χ3n) is 3.49. The van der Waals surface area contributed by atoms with Gasteiger partial charge < -0.3 is 4.74 Å². The van der Waals surface area contributed by atoms with Crippen LogP contribution in [0.1, 0.15) is 29.5 Å². The Morgan fingerprint density at radius 2 is 2.30 bits per heavy atom. The van der Waals surface area contributed by atoms with Crippen LogP contribution in [-0.4, -0.2) is 43.3 Å². The number of thiazole rings is 1. The van der Waals surface area contributed by atoms with Gasteiger partial charge in [-0.15, -0.1) is 11.3 Å². The number of esters is 1. The molecule has 2 heterocycles. The van der Waals surface area contributed by atoms with Crippen molar-refractivity contribution in [2.75, 3.05) is 18.1 Å². The largest absolute Gasteiger partial charge is 0.458 e. The zero-order valence-electron chi connectivity index (χ0n) is 12.5. The van der Waals surface area contributed by atoms with Gasteiger partial charge in [0.15, 0.2) is 28.1 Å². The maximum Gasteiger partial charge on any atom is 0.306 e. The Morgan fingerprint density at radius 3 is 2.83 bits per heavy atom. The van der Waals surface area contributed by atoms with Crippen LogP contribution in [0.25, 0.3) is 0 Å². The number of nitrogens with zero attached hydrogens (tertiary/aromatic N) is 2. The van der Waals surface area contributed by atoms with Gasteiger partial charge in [0, 0.05) is 17.5 Å². The number of hydrogen-bond acceptors (Lipinski definition) is 8. The summed E-state index contributed by atoms with van der Waals surface area (Å²) in [5.41, 5.74) is 0.720. The maximum atomic E-state index is 12.0. The predicted molar refractivity (Wildman–Crippen MR) is 82.5 cm³/mol. The van der Waals surface area contributed by atoms with Crippen LogP contribution in [0.2, 0.25) is 0 Å². The quantitative estimate of drug-likeness (QED) is 0.698. The lowest BCUT2D eigenvalue weighted by molar-refractivity contribution is -0.148. The summed E-state index contributed by atoms with van der Waals surface area (Å²) < 4.78 is 27.5. The fourth-order valence-corrected chi connectivity index (χ4v) is 5.06. The average Bonchev–Trinajstić information content (AvgIpc) is 3.03. The Hall–Kier alpha value is -1.79. The third kappa shape index (κ3) is 4.84. The average molecular weight is 356 g/mol. The molecule has 0 N–H and O–H groups in total. The second-order valence-corrected chi connectivity index (χ2v) is 8.61. The summed E-state index contributed by atoms with van der Waals surface area (Å²) >= 11 is 1.21. The van der Waals surface area contributed by atoms with E-state index in [9.17, 15) is 18.0 Å². The zero-order valence-corrected chi connectivity index (χ0v) is 14.2. The molecular formula is C14H16N2O5S2. The molecular weight excluding hydrogens is 340 g/mol. The van der Waals surface area contributed by atoms with Gasteiger partial charge in [-0.1, -0.05) is 0 Å². The first-order chi connectivity index (χ1) is 10.8. The third-order valence-corrected chi connectivity index (χ3v) is 6.36. The minimum Gasteiger partial charge on any atom is -0.458 e.